The molecule has 2 rings (SSSR count). The van der Waals surface area contributed by atoms with Crippen molar-refractivity contribution in [2.45, 2.75) is 65.3 Å². The lowest BCUT2D eigenvalue weighted by Crippen LogP contribution is -2.54. The molecule has 2 atom stereocenters. The number of rotatable bonds is 9. The number of carbonyl (C=O) groups excluding carboxylic acids is 3. The summed E-state index contributed by atoms with van der Waals surface area (Å²) in [5, 5.41) is 2.71. The summed E-state index contributed by atoms with van der Waals surface area (Å²) in [6.45, 7) is 9.02. The number of nitrogens with one attached hydrogen (secondary N) is 1. The summed E-state index contributed by atoms with van der Waals surface area (Å²) in [6, 6.07) is 17.0. The van der Waals surface area contributed by atoms with E-state index >= 15 is 0 Å². The van der Waals surface area contributed by atoms with Gasteiger partial charge in [-0.1, -0.05) is 60.7 Å². The molecular weight excluding hydrogens is 420 g/mol. The van der Waals surface area contributed by atoms with Crippen LogP contribution in [0.5, 0.6) is 0 Å². The Morgan fingerprint density at radius 3 is 2.00 bits per heavy atom. The van der Waals surface area contributed by atoms with Crippen molar-refractivity contribution in [2.24, 2.45) is 0 Å². The summed E-state index contributed by atoms with van der Waals surface area (Å²) in [4.78, 5) is 40.3. The maximum atomic E-state index is 13.8. The van der Waals surface area contributed by atoms with Gasteiger partial charge < -0.3 is 19.7 Å². The number of amides is 2. The molecule has 2 aromatic carbocycles. The third kappa shape index (κ3) is 8.60. The Bertz CT molecular complexity index is 909. The van der Waals surface area contributed by atoms with Crippen LogP contribution in [0.2, 0.25) is 0 Å². The molecule has 0 radical (unpaired) electrons. The van der Waals surface area contributed by atoms with Crippen LogP contribution in [-0.4, -0.2) is 47.2 Å². The Hall–Kier alpha value is -3.35. The molecule has 0 saturated heterocycles. The molecule has 0 bridgehead atoms. The van der Waals surface area contributed by atoms with Gasteiger partial charge in [-0.3, -0.25) is 4.79 Å². The van der Waals surface area contributed by atoms with E-state index in [0.717, 1.165) is 11.1 Å². The Balaban J connectivity index is 2.35. The molecular formula is C26H34N2O5. The van der Waals surface area contributed by atoms with Gasteiger partial charge in [-0.05, 0) is 45.7 Å². The first-order valence-corrected chi connectivity index (χ1v) is 11.1. The van der Waals surface area contributed by atoms with Crippen LogP contribution < -0.4 is 5.32 Å². The van der Waals surface area contributed by atoms with Gasteiger partial charge in [0.1, 0.15) is 17.7 Å². The molecule has 0 fully saturated rings. The summed E-state index contributed by atoms with van der Waals surface area (Å²) < 4.78 is 10.6. The monoisotopic (exact) mass is 454 g/mol. The van der Waals surface area contributed by atoms with Crippen molar-refractivity contribution in [1.82, 2.24) is 10.2 Å². The highest BCUT2D eigenvalue weighted by Crippen LogP contribution is 2.15. The lowest BCUT2D eigenvalue weighted by atomic mass is 10.0. The van der Waals surface area contributed by atoms with Crippen molar-refractivity contribution >= 4 is 18.0 Å². The van der Waals surface area contributed by atoms with E-state index in [0.29, 0.717) is 0 Å². The van der Waals surface area contributed by atoms with E-state index in [-0.39, 0.29) is 19.6 Å². The van der Waals surface area contributed by atoms with Crippen LogP contribution in [-0.2, 0) is 32.0 Å². The maximum Gasteiger partial charge on any atom is 0.408 e. The zero-order valence-corrected chi connectivity index (χ0v) is 20.0. The molecule has 0 unspecified atom stereocenters. The molecule has 7 heteroatoms. The van der Waals surface area contributed by atoms with Crippen molar-refractivity contribution in [2.75, 3.05) is 6.61 Å². The largest absolute Gasteiger partial charge is 0.464 e. The highest BCUT2D eigenvalue weighted by Gasteiger charge is 2.34. The minimum absolute atomic E-state index is 0.195. The lowest BCUT2D eigenvalue weighted by molar-refractivity contribution is -0.155. The molecule has 0 aromatic heterocycles. The Morgan fingerprint density at radius 2 is 1.48 bits per heavy atom. The fraction of sp³-hybridized carbons (Fsp3) is 0.423. The second kappa shape index (κ2) is 12.0. The van der Waals surface area contributed by atoms with E-state index in [1.807, 2.05) is 60.7 Å². The second-order valence-corrected chi connectivity index (χ2v) is 8.77. The number of benzene rings is 2. The van der Waals surface area contributed by atoms with Crippen molar-refractivity contribution in [1.29, 1.82) is 0 Å². The van der Waals surface area contributed by atoms with Gasteiger partial charge in [-0.2, -0.15) is 0 Å². The van der Waals surface area contributed by atoms with Gasteiger partial charge in [-0.15, -0.1) is 0 Å². The number of nitrogens with zero attached hydrogens (tertiary/aromatic N) is 1. The van der Waals surface area contributed by atoms with E-state index in [1.165, 1.54) is 4.90 Å². The molecule has 0 spiro atoms. The third-order valence-electron chi connectivity index (χ3n) is 4.85. The lowest BCUT2D eigenvalue weighted by Gasteiger charge is -2.32. The molecule has 33 heavy (non-hydrogen) atoms. The van der Waals surface area contributed by atoms with Crippen molar-refractivity contribution in [3.63, 3.8) is 0 Å². The number of hydrogen-bond acceptors (Lipinski definition) is 5. The first-order valence-electron chi connectivity index (χ1n) is 11.1. The van der Waals surface area contributed by atoms with Crippen LogP contribution in [0.25, 0.3) is 0 Å². The molecule has 0 heterocycles. The third-order valence-corrected chi connectivity index (χ3v) is 4.85. The van der Waals surface area contributed by atoms with E-state index in [4.69, 9.17) is 9.47 Å². The highest BCUT2D eigenvalue weighted by molar-refractivity contribution is 5.90. The standard InChI is InChI=1S/C26H34N2O5/c1-6-32-24(30)19(2)28(18-21-15-11-8-12-16-21)23(29)22(17-20-13-9-7-10-14-20)27-25(31)33-26(3,4)5/h7-16,19,22H,6,17-18H2,1-5H3,(H,27,31)/t19-,22-/m1/s1. The smallest absolute Gasteiger partial charge is 0.408 e. The van der Waals surface area contributed by atoms with Crippen LogP contribution >= 0.6 is 0 Å². The minimum atomic E-state index is -0.928. The topological polar surface area (TPSA) is 84.9 Å². The summed E-state index contributed by atoms with van der Waals surface area (Å²) in [5.74, 6) is -0.897. The van der Waals surface area contributed by atoms with E-state index in [1.54, 1.807) is 34.6 Å². The normalized spacial score (nSPS) is 12.9. The molecule has 0 aliphatic carbocycles. The first kappa shape index (κ1) is 25.9. The Kier molecular flexibility index (Phi) is 9.45. The van der Waals surface area contributed by atoms with Crippen LogP contribution in [0, 0.1) is 0 Å². The average Bonchev–Trinajstić information content (AvgIpc) is 2.76. The summed E-state index contributed by atoms with van der Waals surface area (Å²) in [7, 11) is 0. The van der Waals surface area contributed by atoms with Gasteiger partial charge in [0.25, 0.3) is 0 Å². The number of esters is 1. The maximum absolute atomic E-state index is 13.8. The Labute approximate surface area is 196 Å². The van der Waals surface area contributed by atoms with Crippen LogP contribution in [0.3, 0.4) is 0 Å². The molecule has 178 valence electrons. The van der Waals surface area contributed by atoms with Crippen molar-refractivity contribution in [3.05, 3.63) is 71.8 Å². The van der Waals surface area contributed by atoms with E-state index < -0.39 is 35.7 Å². The second-order valence-electron chi connectivity index (χ2n) is 8.77. The average molecular weight is 455 g/mol. The first-order chi connectivity index (χ1) is 15.6. The molecule has 2 amide bonds. The molecule has 2 aromatic rings. The van der Waals surface area contributed by atoms with E-state index in [9.17, 15) is 14.4 Å². The number of alkyl carbamates (subject to hydrolysis) is 1. The van der Waals surface area contributed by atoms with Crippen molar-refractivity contribution in [3.8, 4) is 0 Å². The minimum Gasteiger partial charge on any atom is -0.464 e. The quantitative estimate of drug-likeness (QED) is 0.577. The van der Waals surface area contributed by atoms with Gasteiger partial charge in [0, 0.05) is 13.0 Å². The summed E-state index contributed by atoms with van der Waals surface area (Å²) >= 11 is 0. The number of carbonyl (C=O) groups is 3. The molecule has 0 saturated carbocycles. The zero-order chi connectivity index (χ0) is 24.4. The van der Waals surface area contributed by atoms with Gasteiger partial charge in [0.2, 0.25) is 5.91 Å². The van der Waals surface area contributed by atoms with Crippen molar-refractivity contribution < 1.29 is 23.9 Å². The molecule has 0 aliphatic rings. The van der Waals surface area contributed by atoms with Gasteiger partial charge in [-0.25, -0.2) is 9.59 Å². The highest BCUT2D eigenvalue weighted by atomic mass is 16.6. The SMILES string of the molecule is CCOC(=O)[C@@H](C)N(Cc1ccccc1)C(=O)[C@@H](Cc1ccccc1)NC(=O)OC(C)(C)C. The van der Waals surface area contributed by atoms with Gasteiger partial charge in [0.05, 0.1) is 6.61 Å². The summed E-state index contributed by atoms with van der Waals surface area (Å²) in [5.41, 5.74) is 1.01. The zero-order valence-electron chi connectivity index (χ0n) is 20.0. The van der Waals surface area contributed by atoms with Crippen LogP contribution in [0.1, 0.15) is 45.7 Å². The predicted octanol–water partition coefficient (Wildman–Crippen LogP) is 4.10. The fourth-order valence-corrected chi connectivity index (χ4v) is 3.28. The number of hydrogen-bond donors (Lipinski definition) is 1. The van der Waals surface area contributed by atoms with Crippen LogP contribution in [0.4, 0.5) is 4.79 Å². The molecule has 0 aliphatic heterocycles. The Morgan fingerprint density at radius 1 is 0.939 bits per heavy atom. The predicted molar refractivity (Wildman–Crippen MR) is 126 cm³/mol. The van der Waals surface area contributed by atoms with Gasteiger partial charge >= 0.3 is 12.1 Å². The fourth-order valence-electron chi connectivity index (χ4n) is 3.28. The number of ether oxygens (including phenoxy) is 2. The molecule has 7 nitrogen and oxygen atoms in total. The molecule has 1 N–H and O–H groups in total. The van der Waals surface area contributed by atoms with Crippen LogP contribution in [0.15, 0.2) is 60.7 Å². The van der Waals surface area contributed by atoms with Gasteiger partial charge in [0.15, 0.2) is 0 Å². The summed E-state index contributed by atoms with van der Waals surface area (Å²) in [6.07, 6.45) is -0.444. The van der Waals surface area contributed by atoms with E-state index in [2.05, 4.69) is 5.32 Å².